The summed E-state index contributed by atoms with van der Waals surface area (Å²) in [5.41, 5.74) is 7.28. The van der Waals surface area contributed by atoms with E-state index in [4.69, 9.17) is 5.73 Å². The Morgan fingerprint density at radius 1 is 1.42 bits per heavy atom. The van der Waals surface area contributed by atoms with E-state index in [0.717, 1.165) is 12.0 Å². The maximum absolute atomic E-state index is 12.0. The van der Waals surface area contributed by atoms with Gasteiger partial charge in [0.05, 0.1) is 11.9 Å². The number of amides is 1. The van der Waals surface area contributed by atoms with Crippen molar-refractivity contribution in [1.29, 1.82) is 0 Å². The fraction of sp³-hybridized carbons (Fsp3) is 0.308. The average molecular weight is 259 g/mol. The summed E-state index contributed by atoms with van der Waals surface area (Å²) in [4.78, 5) is 17.6. The third-order valence-corrected chi connectivity index (χ3v) is 2.86. The zero-order valence-corrected chi connectivity index (χ0v) is 10.9. The molecular weight excluding hydrogens is 242 g/mol. The SMILES string of the molecule is CN(CCc1ccncc1)C(=O)Cn1cc(N)cn1. The maximum atomic E-state index is 12.0. The van der Waals surface area contributed by atoms with E-state index in [1.807, 2.05) is 12.1 Å². The van der Waals surface area contributed by atoms with Gasteiger partial charge in [-0.25, -0.2) is 0 Å². The van der Waals surface area contributed by atoms with E-state index in [1.54, 1.807) is 35.2 Å². The fourth-order valence-electron chi connectivity index (χ4n) is 1.70. The Balaban J connectivity index is 1.82. The molecule has 0 aliphatic heterocycles. The molecule has 0 unspecified atom stereocenters. The van der Waals surface area contributed by atoms with Gasteiger partial charge in [-0.2, -0.15) is 5.10 Å². The van der Waals surface area contributed by atoms with Crippen LogP contribution in [0.4, 0.5) is 5.69 Å². The van der Waals surface area contributed by atoms with E-state index in [9.17, 15) is 4.79 Å². The van der Waals surface area contributed by atoms with Crippen molar-refractivity contribution in [3.63, 3.8) is 0 Å². The molecular formula is C13H17N5O. The Labute approximate surface area is 111 Å². The van der Waals surface area contributed by atoms with Crippen molar-refractivity contribution in [2.24, 2.45) is 0 Å². The van der Waals surface area contributed by atoms with E-state index in [1.165, 1.54) is 6.20 Å². The van der Waals surface area contributed by atoms with Gasteiger partial charge in [-0.3, -0.25) is 14.5 Å². The van der Waals surface area contributed by atoms with E-state index in [2.05, 4.69) is 10.1 Å². The van der Waals surface area contributed by atoms with Crippen LogP contribution in [-0.4, -0.2) is 39.2 Å². The Hall–Kier alpha value is -2.37. The van der Waals surface area contributed by atoms with Crippen molar-refractivity contribution in [3.8, 4) is 0 Å². The number of nitrogens with two attached hydrogens (primary N) is 1. The van der Waals surface area contributed by atoms with Crippen LogP contribution >= 0.6 is 0 Å². The maximum Gasteiger partial charge on any atom is 0.244 e. The number of hydrogen-bond donors (Lipinski definition) is 1. The normalized spacial score (nSPS) is 10.4. The fourth-order valence-corrected chi connectivity index (χ4v) is 1.70. The van der Waals surface area contributed by atoms with Gasteiger partial charge in [0.15, 0.2) is 0 Å². The molecule has 0 aliphatic carbocycles. The Bertz CT molecular complexity index is 537. The Morgan fingerprint density at radius 2 is 2.16 bits per heavy atom. The molecule has 0 radical (unpaired) electrons. The highest BCUT2D eigenvalue weighted by molar-refractivity contribution is 5.75. The van der Waals surface area contributed by atoms with Crippen molar-refractivity contribution < 1.29 is 4.79 Å². The van der Waals surface area contributed by atoms with Crippen molar-refractivity contribution >= 4 is 11.6 Å². The highest BCUT2D eigenvalue weighted by Gasteiger charge is 2.10. The first-order valence-electron chi connectivity index (χ1n) is 6.06. The molecule has 100 valence electrons. The number of likely N-dealkylation sites (N-methyl/N-ethyl adjacent to an activating group) is 1. The van der Waals surface area contributed by atoms with Crippen LogP contribution in [0.1, 0.15) is 5.56 Å². The number of carbonyl (C=O) groups is 1. The monoisotopic (exact) mass is 259 g/mol. The lowest BCUT2D eigenvalue weighted by Crippen LogP contribution is -2.32. The molecule has 19 heavy (non-hydrogen) atoms. The van der Waals surface area contributed by atoms with Crippen molar-refractivity contribution in [2.75, 3.05) is 19.3 Å². The first-order chi connectivity index (χ1) is 9.15. The van der Waals surface area contributed by atoms with Gasteiger partial charge in [0.1, 0.15) is 6.54 Å². The van der Waals surface area contributed by atoms with Crippen LogP contribution in [0.5, 0.6) is 0 Å². The zero-order chi connectivity index (χ0) is 13.7. The predicted molar refractivity (Wildman–Crippen MR) is 72.2 cm³/mol. The topological polar surface area (TPSA) is 77.0 Å². The van der Waals surface area contributed by atoms with Crippen molar-refractivity contribution in [1.82, 2.24) is 19.7 Å². The lowest BCUT2D eigenvalue weighted by Gasteiger charge is -2.17. The molecule has 0 aromatic carbocycles. The zero-order valence-electron chi connectivity index (χ0n) is 10.9. The van der Waals surface area contributed by atoms with Gasteiger partial charge in [-0.1, -0.05) is 0 Å². The Morgan fingerprint density at radius 3 is 2.79 bits per heavy atom. The minimum absolute atomic E-state index is 0.0113. The molecule has 2 rings (SSSR count). The number of pyridine rings is 1. The van der Waals surface area contributed by atoms with Crippen LogP contribution in [0.25, 0.3) is 0 Å². The second-order valence-corrected chi connectivity index (χ2v) is 4.39. The predicted octanol–water partition coefficient (Wildman–Crippen LogP) is 0.561. The van der Waals surface area contributed by atoms with Gasteiger partial charge >= 0.3 is 0 Å². The van der Waals surface area contributed by atoms with E-state index < -0.39 is 0 Å². The molecule has 2 aromatic rings. The van der Waals surface area contributed by atoms with Gasteiger partial charge in [-0.05, 0) is 24.1 Å². The quantitative estimate of drug-likeness (QED) is 0.851. The molecule has 1 amide bonds. The van der Waals surface area contributed by atoms with Crippen LogP contribution in [0.15, 0.2) is 36.9 Å². The molecule has 2 heterocycles. The molecule has 2 N–H and O–H groups in total. The highest BCUT2D eigenvalue weighted by atomic mass is 16.2. The van der Waals surface area contributed by atoms with Gasteiger partial charge < -0.3 is 10.6 Å². The largest absolute Gasteiger partial charge is 0.396 e. The number of rotatable bonds is 5. The summed E-state index contributed by atoms with van der Waals surface area (Å²) in [6.07, 6.45) is 7.50. The van der Waals surface area contributed by atoms with Crippen LogP contribution in [0.3, 0.4) is 0 Å². The smallest absolute Gasteiger partial charge is 0.244 e. The van der Waals surface area contributed by atoms with Crippen LogP contribution in [0.2, 0.25) is 0 Å². The summed E-state index contributed by atoms with van der Waals surface area (Å²) in [5.74, 6) is 0.0113. The third-order valence-electron chi connectivity index (χ3n) is 2.86. The van der Waals surface area contributed by atoms with E-state index in [-0.39, 0.29) is 12.5 Å². The number of nitrogen functional groups attached to an aromatic ring is 1. The molecule has 2 aromatic heterocycles. The van der Waals surface area contributed by atoms with Crippen LogP contribution in [0, 0.1) is 0 Å². The molecule has 0 atom stereocenters. The number of nitrogens with zero attached hydrogens (tertiary/aromatic N) is 4. The standard InChI is InChI=1S/C13H17N5O/c1-17(7-4-11-2-5-15-6-3-11)13(19)10-18-9-12(14)8-16-18/h2-3,5-6,8-9H,4,7,10,14H2,1H3. The second kappa shape index (κ2) is 5.99. The van der Waals surface area contributed by atoms with Gasteiger partial charge in [0.2, 0.25) is 5.91 Å². The van der Waals surface area contributed by atoms with Gasteiger partial charge in [-0.15, -0.1) is 0 Å². The molecule has 0 fully saturated rings. The minimum atomic E-state index is 0.0113. The summed E-state index contributed by atoms with van der Waals surface area (Å²) >= 11 is 0. The van der Waals surface area contributed by atoms with Crippen molar-refractivity contribution in [2.45, 2.75) is 13.0 Å². The number of aromatic nitrogens is 3. The summed E-state index contributed by atoms with van der Waals surface area (Å²) in [5, 5.41) is 3.99. The summed E-state index contributed by atoms with van der Waals surface area (Å²) in [6, 6.07) is 3.90. The van der Waals surface area contributed by atoms with Crippen LogP contribution in [-0.2, 0) is 17.8 Å². The van der Waals surface area contributed by atoms with E-state index in [0.29, 0.717) is 12.2 Å². The lowest BCUT2D eigenvalue weighted by atomic mass is 10.2. The number of carbonyl (C=O) groups excluding carboxylic acids is 1. The summed E-state index contributed by atoms with van der Waals surface area (Å²) < 4.78 is 1.54. The molecule has 0 saturated carbocycles. The number of anilines is 1. The first-order valence-corrected chi connectivity index (χ1v) is 6.06. The lowest BCUT2D eigenvalue weighted by molar-refractivity contribution is -0.130. The van der Waals surface area contributed by atoms with Crippen molar-refractivity contribution in [3.05, 3.63) is 42.5 Å². The average Bonchev–Trinajstić information content (AvgIpc) is 2.82. The molecule has 6 heteroatoms. The highest BCUT2D eigenvalue weighted by Crippen LogP contribution is 2.01. The third kappa shape index (κ3) is 3.80. The van der Waals surface area contributed by atoms with E-state index >= 15 is 0 Å². The summed E-state index contributed by atoms with van der Waals surface area (Å²) in [6.45, 7) is 0.879. The second-order valence-electron chi connectivity index (χ2n) is 4.39. The number of hydrogen-bond acceptors (Lipinski definition) is 4. The van der Waals surface area contributed by atoms with Crippen LogP contribution < -0.4 is 5.73 Å². The molecule has 6 nitrogen and oxygen atoms in total. The summed E-state index contributed by atoms with van der Waals surface area (Å²) in [7, 11) is 1.79. The minimum Gasteiger partial charge on any atom is -0.396 e. The van der Waals surface area contributed by atoms with Gasteiger partial charge in [0.25, 0.3) is 0 Å². The molecule has 0 saturated heterocycles. The molecule has 0 bridgehead atoms. The first kappa shape index (κ1) is 13.1. The Kier molecular flexibility index (Phi) is 4.12. The molecule has 0 spiro atoms. The van der Waals surface area contributed by atoms with Gasteiger partial charge in [0, 0.05) is 32.2 Å². The molecule has 0 aliphatic rings.